The molecule has 0 aromatic rings. The normalized spacial score (nSPS) is 37.5. The van der Waals surface area contributed by atoms with Gasteiger partial charge in [0, 0.05) is 17.9 Å². The first-order valence-corrected chi connectivity index (χ1v) is 8.65. The minimum atomic E-state index is -1.04. The van der Waals surface area contributed by atoms with Crippen molar-refractivity contribution in [1.82, 2.24) is 0 Å². The van der Waals surface area contributed by atoms with Crippen LogP contribution in [0.2, 0.25) is 0 Å². The van der Waals surface area contributed by atoms with Crippen molar-refractivity contribution < 1.29 is 29.3 Å². The molecule has 1 aliphatic heterocycles. The Kier molecular flexibility index (Phi) is 4.67. The van der Waals surface area contributed by atoms with Crippen LogP contribution < -0.4 is 0 Å². The summed E-state index contributed by atoms with van der Waals surface area (Å²) in [4.78, 5) is 24.4. The summed E-state index contributed by atoms with van der Waals surface area (Å²) >= 11 is 0. The average Bonchev–Trinajstić information content (AvgIpc) is 2.99. The van der Waals surface area contributed by atoms with E-state index >= 15 is 0 Å². The molecule has 3 fully saturated rings. The summed E-state index contributed by atoms with van der Waals surface area (Å²) in [5.74, 6) is -2.20. The Morgan fingerprint density at radius 1 is 1.31 bits per heavy atom. The first-order valence-electron chi connectivity index (χ1n) is 8.65. The van der Waals surface area contributed by atoms with Gasteiger partial charge in [0.1, 0.15) is 12.2 Å². The summed E-state index contributed by atoms with van der Waals surface area (Å²) < 4.78 is 11.1. The molecule has 140 valence electrons. The van der Waals surface area contributed by atoms with Gasteiger partial charge in [0.2, 0.25) is 0 Å². The summed E-state index contributed by atoms with van der Waals surface area (Å²) in [6.45, 7) is 16.9. The summed E-state index contributed by atoms with van der Waals surface area (Å²) in [7, 11) is 0. The van der Waals surface area contributed by atoms with Crippen LogP contribution in [-0.4, -0.2) is 46.6 Å². The Balaban J connectivity index is 1.95. The van der Waals surface area contributed by atoms with E-state index in [0.717, 1.165) is 5.57 Å². The molecule has 0 radical (unpaired) electrons. The van der Waals surface area contributed by atoms with Gasteiger partial charge in [0.05, 0.1) is 23.7 Å². The summed E-state index contributed by atoms with van der Waals surface area (Å²) in [6, 6.07) is 0. The molecule has 6 heteroatoms. The van der Waals surface area contributed by atoms with Crippen LogP contribution in [0.15, 0.2) is 48.6 Å². The number of ether oxygens (including phenoxy) is 2. The monoisotopic (exact) mass is 360 g/mol. The fourth-order valence-corrected chi connectivity index (χ4v) is 4.25. The maximum atomic E-state index is 12.3. The van der Waals surface area contributed by atoms with Gasteiger partial charge in [0.15, 0.2) is 0 Å². The molecule has 1 heterocycles. The molecule has 2 N–H and O–H groups in total. The van der Waals surface area contributed by atoms with E-state index in [0.29, 0.717) is 18.4 Å². The van der Waals surface area contributed by atoms with Gasteiger partial charge in [-0.25, -0.2) is 9.59 Å². The van der Waals surface area contributed by atoms with Crippen LogP contribution in [0.3, 0.4) is 0 Å². The van der Waals surface area contributed by atoms with Crippen LogP contribution in [0.1, 0.15) is 19.8 Å². The van der Waals surface area contributed by atoms with Crippen LogP contribution in [0.4, 0.5) is 0 Å². The van der Waals surface area contributed by atoms with Crippen molar-refractivity contribution in [3.8, 4) is 0 Å². The van der Waals surface area contributed by atoms with E-state index in [1.165, 1.54) is 6.92 Å². The standard InChI is InChI=1S/C20H24O6/c1-8-6-15(25-19(23)9(2)12(5)21)17-11(4)20(24)26-18(17)16-10(3)14(22)7-13(8)16/h12-18,21-22H,1-4,6-7H2,5H3. The first kappa shape index (κ1) is 18.6. The van der Waals surface area contributed by atoms with Crippen LogP contribution >= 0.6 is 0 Å². The first-order chi connectivity index (χ1) is 12.1. The second-order valence-corrected chi connectivity index (χ2v) is 7.39. The van der Waals surface area contributed by atoms with E-state index in [1.807, 2.05) is 0 Å². The third kappa shape index (κ3) is 2.83. The lowest BCUT2D eigenvalue weighted by molar-refractivity contribution is -0.149. The lowest BCUT2D eigenvalue weighted by Crippen LogP contribution is -2.36. The maximum Gasteiger partial charge on any atom is 0.336 e. The molecule has 2 aliphatic carbocycles. The number of aliphatic hydroxyl groups is 2. The van der Waals surface area contributed by atoms with Crippen LogP contribution in [0.5, 0.6) is 0 Å². The highest BCUT2D eigenvalue weighted by atomic mass is 16.6. The third-order valence-electron chi connectivity index (χ3n) is 5.80. The van der Waals surface area contributed by atoms with Crippen molar-refractivity contribution in [2.24, 2.45) is 17.8 Å². The molecule has 3 rings (SSSR count). The largest absolute Gasteiger partial charge is 0.458 e. The highest BCUT2D eigenvalue weighted by Gasteiger charge is 2.56. The molecule has 3 aliphatic rings. The Hall–Kier alpha value is -2.18. The average molecular weight is 360 g/mol. The Bertz CT molecular complexity index is 718. The number of aliphatic hydroxyl groups excluding tert-OH is 2. The van der Waals surface area contributed by atoms with E-state index in [4.69, 9.17) is 9.47 Å². The smallest absolute Gasteiger partial charge is 0.336 e. The molecule has 26 heavy (non-hydrogen) atoms. The van der Waals surface area contributed by atoms with Gasteiger partial charge < -0.3 is 19.7 Å². The molecule has 2 saturated carbocycles. The molecular formula is C20H24O6. The van der Waals surface area contributed by atoms with Crippen molar-refractivity contribution in [1.29, 1.82) is 0 Å². The number of fused-ring (bicyclic) bond motifs is 3. The maximum absolute atomic E-state index is 12.3. The molecule has 0 aromatic carbocycles. The number of hydrogen-bond donors (Lipinski definition) is 2. The van der Waals surface area contributed by atoms with Crippen molar-refractivity contribution in [2.75, 3.05) is 0 Å². The molecule has 7 atom stereocenters. The van der Waals surface area contributed by atoms with Gasteiger partial charge in [-0.2, -0.15) is 0 Å². The zero-order valence-corrected chi connectivity index (χ0v) is 14.8. The van der Waals surface area contributed by atoms with E-state index < -0.39 is 42.3 Å². The number of carbonyl (C=O) groups excluding carboxylic acids is 2. The SMILES string of the molecule is C=C(C(=O)OC1CC(=C)C2CC(O)C(=C)C2C2OC(=O)C(=C)C12)C(C)O. The van der Waals surface area contributed by atoms with E-state index in [1.54, 1.807) is 0 Å². The highest BCUT2D eigenvalue weighted by molar-refractivity contribution is 5.92. The number of carbonyl (C=O) groups is 2. The van der Waals surface area contributed by atoms with Gasteiger partial charge >= 0.3 is 11.9 Å². The molecule has 1 saturated heterocycles. The number of hydrogen-bond acceptors (Lipinski definition) is 6. The lowest BCUT2D eigenvalue weighted by atomic mass is 9.81. The van der Waals surface area contributed by atoms with E-state index in [-0.39, 0.29) is 23.0 Å². The zero-order valence-electron chi connectivity index (χ0n) is 14.8. The molecule has 0 aromatic heterocycles. The fraction of sp³-hybridized carbons (Fsp3) is 0.500. The Morgan fingerprint density at radius 2 is 1.96 bits per heavy atom. The fourth-order valence-electron chi connectivity index (χ4n) is 4.25. The lowest BCUT2D eigenvalue weighted by Gasteiger charge is -2.28. The Labute approximate surface area is 152 Å². The predicted molar refractivity (Wildman–Crippen MR) is 93.7 cm³/mol. The number of esters is 2. The van der Waals surface area contributed by atoms with E-state index in [9.17, 15) is 19.8 Å². The minimum absolute atomic E-state index is 0.0627. The topological polar surface area (TPSA) is 93.1 Å². The van der Waals surface area contributed by atoms with Crippen molar-refractivity contribution in [3.63, 3.8) is 0 Å². The highest BCUT2D eigenvalue weighted by Crippen LogP contribution is 2.52. The van der Waals surface area contributed by atoms with Gasteiger partial charge in [-0.1, -0.05) is 31.9 Å². The Morgan fingerprint density at radius 3 is 2.58 bits per heavy atom. The number of rotatable bonds is 3. The van der Waals surface area contributed by atoms with Crippen LogP contribution in [0.25, 0.3) is 0 Å². The molecule has 7 unspecified atom stereocenters. The van der Waals surface area contributed by atoms with Crippen LogP contribution in [0, 0.1) is 17.8 Å². The van der Waals surface area contributed by atoms with Gasteiger partial charge in [0.25, 0.3) is 0 Å². The molecule has 6 nitrogen and oxygen atoms in total. The summed E-state index contributed by atoms with van der Waals surface area (Å²) in [6.07, 6.45) is -2.25. The van der Waals surface area contributed by atoms with Gasteiger partial charge in [-0.3, -0.25) is 0 Å². The zero-order chi connectivity index (χ0) is 19.3. The quantitative estimate of drug-likeness (QED) is 0.449. The molecule has 0 amide bonds. The molecular weight excluding hydrogens is 336 g/mol. The van der Waals surface area contributed by atoms with Crippen molar-refractivity contribution in [2.45, 2.75) is 44.2 Å². The van der Waals surface area contributed by atoms with Gasteiger partial charge in [-0.15, -0.1) is 0 Å². The third-order valence-corrected chi connectivity index (χ3v) is 5.80. The summed E-state index contributed by atoms with van der Waals surface area (Å²) in [5.41, 5.74) is 1.59. The second-order valence-electron chi connectivity index (χ2n) is 7.39. The van der Waals surface area contributed by atoms with Crippen molar-refractivity contribution in [3.05, 3.63) is 48.6 Å². The summed E-state index contributed by atoms with van der Waals surface area (Å²) in [5, 5.41) is 19.8. The molecule has 0 bridgehead atoms. The molecule has 0 spiro atoms. The van der Waals surface area contributed by atoms with Gasteiger partial charge in [-0.05, 0) is 24.8 Å². The second kappa shape index (κ2) is 6.52. The van der Waals surface area contributed by atoms with Crippen molar-refractivity contribution >= 4 is 11.9 Å². The van der Waals surface area contributed by atoms with Crippen LogP contribution in [-0.2, 0) is 19.1 Å². The van der Waals surface area contributed by atoms with E-state index in [2.05, 4.69) is 26.3 Å². The minimum Gasteiger partial charge on any atom is -0.458 e. The predicted octanol–water partition coefficient (Wildman–Crippen LogP) is 1.45.